The number of benzene rings is 1. The predicted octanol–water partition coefficient (Wildman–Crippen LogP) is 2.86. The monoisotopic (exact) mass is 316 g/mol. The van der Waals surface area contributed by atoms with Crippen LogP contribution in [0.4, 0.5) is 0 Å². The van der Waals surface area contributed by atoms with Crippen molar-refractivity contribution in [3.63, 3.8) is 0 Å². The summed E-state index contributed by atoms with van der Waals surface area (Å²) in [7, 11) is 17.6. The Morgan fingerprint density at radius 2 is 1.82 bits per heavy atom. The van der Waals surface area contributed by atoms with Crippen LogP contribution in [0.15, 0.2) is 24.3 Å². The van der Waals surface area contributed by atoms with E-state index in [2.05, 4.69) is 0 Å². The first kappa shape index (κ1) is 9.97. The second kappa shape index (κ2) is 3.73. The average Bonchev–Trinajstić information content (AvgIpc) is 1.86. The molecule has 11 heavy (non-hydrogen) atoms. The normalized spacial score (nSPS) is 11.6. The number of rotatable bonds is 1. The van der Waals surface area contributed by atoms with E-state index < -0.39 is 15.0 Å². The van der Waals surface area contributed by atoms with E-state index in [1.807, 2.05) is 31.2 Å². The fourth-order valence-electron chi connectivity index (χ4n) is 0.821. The van der Waals surface area contributed by atoms with Crippen molar-refractivity contribution in [1.29, 1.82) is 0 Å². The van der Waals surface area contributed by atoms with Crippen LogP contribution in [-0.4, -0.2) is 15.0 Å². The average molecular weight is 316 g/mol. The van der Waals surface area contributed by atoms with Crippen LogP contribution in [0.5, 0.6) is 0 Å². The molecule has 0 aliphatic rings. The van der Waals surface area contributed by atoms with Gasteiger partial charge in [-0.25, -0.2) is 0 Å². The van der Waals surface area contributed by atoms with E-state index in [-0.39, 0.29) is 0 Å². The van der Waals surface area contributed by atoms with Gasteiger partial charge in [0.25, 0.3) is 0 Å². The summed E-state index contributed by atoms with van der Waals surface area (Å²) >= 11 is -3.34. The molecule has 0 aromatic heterocycles. The first-order valence-electron chi connectivity index (χ1n) is 3.14. The van der Waals surface area contributed by atoms with Crippen molar-refractivity contribution in [3.05, 3.63) is 29.8 Å². The van der Waals surface area contributed by atoms with Crippen LogP contribution in [0.3, 0.4) is 0 Å². The van der Waals surface area contributed by atoms with Crippen LogP contribution in [0.2, 0.25) is 0 Å². The standard InChI is InChI=1S/C7H7.3ClH.Sn/c1-7-5-3-2-4-6-7;;;;/h2-3,5-6H,1H3;3*1H;/q;;;;+3/p-3. The van der Waals surface area contributed by atoms with Gasteiger partial charge in [0.2, 0.25) is 0 Å². The Bertz CT molecular complexity index is 254. The molecule has 1 aromatic rings. The summed E-state index contributed by atoms with van der Waals surface area (Å²) < 4.78 is 0.921. The minimum absolute atomic E-state index is 0.921. The van der Waals surface area contributed by atoms with Crippen molar-refractivity contribution in [2.24, 2.45) is 0 Å². The van der Waals surface area contributed by atoms with Gasteiger partial charge in [-0.1, -0.05) is 0 Å². The molecule has 0 atom stereocenters. The SMILES string of the molecule is Cc1ccc[c]([Sn]([Cl])([Cl])[Cl])c1. The van der Waals surface area contributed by atoms with E-state index in [0.717, 1.165) is 9.14 Å². The summed E-state index contributed by atoms with van der Waals surface area (Å²) in [5.74, 6) is 0. The molecule has 0 aliphatic carbocycles. The number of hydrogen-bond acceptors (Lipinski definition) is 0. The van der Waals surface area contributed by atoms with Crippen LogP contribution in [0.25, 0.3) is 0 Å². The van der Waals surface area contributed by atoms with E-state index in [1.54, 1.807) is 0 Å². The Morgan fingerprint density at radius 1 is 1.18 bits per heavy atom. The zero-order valence-corrected chi connectivity index (χ0v) is 11.1. The van der Waals surface area contributed by atoms with Gasteiger partial charge in [-0.15, -0.1) is 0 Å². The topological polar surface area (TPSA) is 0 Å². The van der Waals surface area contributed by atoms with Crippen LogP contribution < -0.4 is 3.58 Å². The third kappa shape index (κ3) is 3.02. The van der Waals surface area contributed by atoms with Gasteiger partial charge in [0.05, 0.1) is 0 Å². The van der Waals surface area contributed by atoms with E-state index in [4.69, 9.17) is 26.8 Å². The van der Waals surface area contributed by atoms with Crippen LogP contribution >= 0.6 is 26.8 Å². The molecular weight excluding hydrogens is 309 g/mol. The second-order valence-electron chi connectivity index (χ2n) is 2.37. The van der Waals surface area contributed by atoms with Gasteiger partial charge >= 0.3 is 82.1 Å². The summed E-state index contributed by atoms with van der Waals surface area (Å²) in [6, 6.07) is 7.74. The summed E-state index contributed by atoms with van der Waals surface area (Å²) in [6.45, 7) is 1.99. The van der Waals surface area contributed by atoms with Crippen LogP contribution in [0, 0.1) is 6.92 Å². The molecule has 0 fully saturated rings. The van der Waals surface area contributed by atoms with Gasteiger partial charge in [-0.2, -0.15) is 0 Å². The van der Waals surface area contributed by atoms with Gasteiger partial charge in [0.15, 0.2) is 0 Å². The third-order valence-electron chi connectivity index (χ3n) is 1.35. The van der Waals surface area contributed by atoms with E-state index in [1.165, 1.54) is 0 Å². The van der Waals surface area contributed by atoms with E-state index in [0.29, 0.717) is 0 Å². The number of halogens is 3. The Balaban J connectivity index is 3.06. The Labute approximate surface area is 81.5 Å². The first-order valence-corrected chi connectivity index (χ1v) is 15.4. The van der Waals surface area contributed by atoms with Crippen LogP contribution in [-0.2, 0) is 0 Å². The Morgan fingerprint density at radius 3 is 2.18 bits per heavy atom. The van der Waals surface area contributed by atoms with E-state index in [9.17, 15) is 0 Å². The molecule has 0 saturated carbocycles. The van der Waals surface area contributed by atoms with Crippen molar-refractivity contribution in [2.45, 2.75) is 6.92 Å². The molecule has 0 saturated heterocycles. The minimum atomic E-state index is -3.34. The van der Waals surface area contributed by atoms with E-state index >= 15 is 0 Å². The molecule has 0 radical (unpaired) electrons. The zero-order valence-electron chi connectivity index (χ0n) is 5.94. The van der Waals surface area contributed by atoms with Crippen molar-refractivity contribution in [3.8, 4) is 0 Å². The summed E-state index contributed by atoms with van der Waals surface area (Å²) in [6.07, 6.45) is 0. The second-order valence-corrected chi connectivity index (χ2v) is 22.2. The Kier molecular flexibility index (Phi) is 3.38. The predicted molar refractivity (Wildman–Crippen MR) is 54.1 cm³/mol. The molecular formula is C7H7Cl3Sn. The zero-order chi connectivity index (χ0) is 8.48. The first-order chi connectivity index (χ1) is 5.00. The summed E-state index contributed by atoms with van der Waals surface area (Å²) in [4.78, 5) is 0. The molecule has 0 heterocycles. The third-order valence-corrected chi connectivity index (χ3v) is 8.49. The maximum atomic E-state index is 5.87. The molecule has 0 bridgehead atoms. The van der Waals surface area contributed by atoms with Gasteiger partial charge in [0.1, 0.15) is 0 Å². The van der Waals surface area contributed by atoms with Crippen LogP contribution in [0.1, 0.15) is 5.56 Å². The number of hydrogen-bond donors (Lipinski definition) is 0. The molecule has 0 spiro atoms. The molecule has 0 nitrogen and oxygen atoms in total. The van der Waals surface area contributed by atoms with Gasteiger partial charge in [0, 0.05) is 0 Å². The fourth-order valence-corrected chi connectivity index (χ4v) is 5.12. The van der Waals surface area contributed by atoms with Gasteiger partial charge < -0.3 is 0 Å². The molecule has 0 aliphatic heterocycles. The molecule has 1 rings (SSSR count). The number of aryl methyl sites for hydroxylation is 1. The van der Waals surface area contributed by atoms with Gasteiger partial charge in [-0.3, -0.25) is 0 Å². The maximum absolute atomic E-state index is 5.87. The van der Waals surface area contributed by atoms with Crippen molar-refractivity contribution >= 4 is 45.3 Å². The quantitative estimate of drug-likeness (QED) is 0.699. The summed E-state index contributed by atoms with van der Waals surface area (Å²) in [5.41, 5.74) is 1.14. The van der Waals surface area contributed by atoms with Crippen molar-refractivity contribution < 1.29 is 0 Å². The van der Waals surface area contributed by atoms with Crippen molar-refractivity contribution in [2.75, 3.05) is 0 Å². The van der Waals surface area contributed by atoms with Gasteiger partial charge in [-0.05, 0) is 0 Å². The molecule has 4 heteroatoms. The molecule has 0 amide bonds. The Hall–Kier alpha value is 0.889. The molecule has 0 unspecified atom stereocenters. The van der Waals surface area contributed by atoms with Crippen molar-refractivity contribution in [1.82, 2.24) is 0 Å². The molecule has 1 aromatic carbocycles. The molecule has 60 valence electrons. The fraction of sp³-hybridized carbons (Fsp3) is 0.143. The summed E-state index contributed by atoms with van der Waals surface area (Å²) in [5, 5.41) is 0. The molecule has 0 N–H and O–H groups in total.